The average molecular weight is 452 g/mol. The van der Waals surface area contributed by atoms with E-state index in [1.165, 1.54) is 6.20 Å². The molecule has 33 heavy (non-hydrogen) atoms. The van der Waals surface area contributed by atoms with Crippen LogP contribution in [0.3, 0.4) is 0 Å². The van der Waals surface area contributed by atoms with Crippen LogP contribution in [-0.2, 0) is 16.1 Å². The highest BCUT2D eigenvalue weighted by molar-refractivity contribution is 5.92. The van der Waals surface area contributed by atoms with Crippen molar-refractivity contribution in [1.82, 2.24) is 14.7 Å². The van der Waals surface area contributed by atoms with E-state index in [1.54, 1.807) is 11.6 Å². The normalized spacial score (nSPS) is 14.2. The molecule has 1 saturated heterocycles. The zero-order valence-corrected chi connectivity index (χ0v) is 18.8. The van der Waals surface area contributed by atoms with Crippen LogP contribution in [0.25, 0.3) is 16.8 Å². The molecule has 1 aliphatic heterocycles. The van der Waals surface area contributed by atoms with Gasteiger partial charge in [-0.25, -0.2) is 9.48 Å². The number of morpholine rings is 1. The van der Waals surface area contributed by atoms with Gasteiger partial charge in [-0.3, -0.25) is 4.90 Å². The molecule has 2 aromatic carbocycles. The summed E-state index contributed by atoms with van der Waals surface area (Å²) in [4.78, 5) is 14.7. The number of ether oxygens (including phenoxy) is 3. The first-order valence-electron chi connectivity index (χ1n) is 11.2. The van der Waals surface area contributed by atoms with Gasteiger partial charge in [-0.1, -0.05) is 36.4 Å². The van der Waals surface area contributed by atoms with Crippen molar-refractivity contribution in [3.05, 3.63) is 65.9 Å². The SMILES string of the molecule is CCOC(=O)c1cnn(-c2ccc(-c3ccccc3CO)cc2)c1OCCN1CCOCC1. The number of rotatable bonds is 9. The molecule has 2 heterocycles. The van der Waals surface area contributed by atoms with E-state index in [0.717, 1.165) is 55.2 Å². The van der Waals surface area contributed by atoms with Crippen molar-refractivity contribution in [3.8, 4) is 22.7 Å². The van der Waals surface area contributed by atoms with E-state index >= 15 is 0 Å². The second kappa shape index (κ2) is 11.1. The molecule has 0 saturated carbocycles. The van der Waals surface area contributed by atoms with Crippen molar-refractivity contribution < 1.29 is 24.1 Å². The second-order valence-electron chi connectivity index (χ2n) is 7.66. The number of hydrogen-bond acceptors (Lipinski definition) is 7. The highest BCUT2D eigenvalue weighted by atomic mass is 16.5. The number of esters is 1. The first kappa shape index (κ1) is 23.0. The average Bonchev–Trinajstić information content (AvgIpc) is 3.29. The van der Waals surface area contributed by atoms with Crippen molar-refractivity contribution in [2.24, 2.45) is 0 Å². The summed E-state index contributed by atoms with van der Waals surface area (Å²) < 4.78 is 18.3. The number of benzene rings is 2. The Hall–Kier alpha value is -3.20. The molecular formula is C25H29N3O5. The Bertz CT molecular complexity index is 1060. The summed E-state index contributed by atoms with van der Waals surface area (Å²) in [6.45, 7) is 6.33. The topological polar surface area (TPSA) is 86.0 Å². The van der Waals surface area contributed by atoms with Gasteiger partial charge in [0.2, 0.25) is 5.88 Å². The van der Waals surface area contributed by atoms with E-state index in [0.29, 0.717) is 18.1 Å². The van der Waals surface area contributed by atoms with Crippen molar-refractivity contribution >= 4 is 5.97 Å². The molecule has 0 spiro atoms. The van der Waals surface area contributed by atoms with Crippen LogP contribution in [0.5, 0.6) is 5.88 Å². The molecule has 8 heteroatoms. The Balaban J connectivity index is 1.57. The van der Waals surface area contributed by atoms with Gasteiger partial charge < -0.3 is 19.3 Å². The lowest BCUT2D eigenvalue weighted by Gasteiger charge is -2.26. The lowest BCUT2D eigenvalue weighted by molar-refractivity contribution is 0.0316. The predicted octanol–water partition coefficient (Wildman–Crippen LogP) is 2.92. The molecule has 0 unspecified atom stereocenters. The summed E-state index contributed by atoms with van der Waals surface area (Å²) in [7, 11) is 0. The van der Waals surface area contributed by atoms with Gasteiger partial charge in [0.15, 0.2) is 0 Å². The zero-order chi connectivity index (χ0) is 23.0. The number of hydrogen-bond donors (Lipinski definition) is 1. The maximum absolute atomic E-state index is 12.5. The lowest BCUT2D eigenvalue weighted by Crippen LogP contribution is -2.38. The maximum Gasteiger partial charge on any atom is 0.345 e. The Labute approximate surface area is 193 Å². The molecule has 0 amide bonds. The van der Waals surface area contributed by atoms with E-state index in [1.807, 2.05) is 48.5 Å². The van der Waals surface area contributed by atoms with Crippen molar-refractivity contribution in [3.63, 3.8) is 0 Å². The van der Waals surface area contributed by atoms with Crippen LogP contribution in [-0.4, -0.2) is 71.8 Å². The summed E-state index contributed by atoms with van der Waals surface area (Å²) in [5.41, 5.74) is 3.88. The summed E-state index contributed by atoms with van der Waals surface area (Å²) in [5, 5.41) is 14.0. The maximum atomic E-state index is 12.5. The summed E-state index contributed by atoms with van der Waals surface area (Å²) in [6.07, 6.45) is 1.48. The van der Waals surface area contributed by atoms with Gasteiger partial charge >= 0.3 is 5.97 Å². The van der Waals surface area contributed by atoms with Crippen LogP contribution in [0, 0.1) is 0 Å². The van der Waals surface area contributed by atoms with Crippen LogP contribution in [0.2, 0.25) is 0 Å². The summed E-state index contributed by atoms with van der Waals surface area (Å²) >= 11 is 0. The third-order valence-electron chi connectivity index (χ3n) is 5.58. The fourth-order valence-corrected chi connectivity index (χ4v) is 3.83. The molecule has 1 aromatic heterocycles. The Morgan fingerprint density at radius 2 is 1.88 bits per heavy atom. The van der Waals surface area contributed by atoms with Crippen LogP contribution in [0.15, 0.2) is 54.7 Å². The first-order valence-corrected chi connectivity index (χ1v) is 11.2. The Morgan fingerprint density at radius 3 is 2.61 bits per heavy atom. The van der Waals surface area contributed by atoms with E-state index in [9.17, 15) is 9.90 Å². The van der Waals surface area contributed by atoms with Gasteiger partial charge in [0.25, 0.3) is 0 Å². The minimum atomic E-state index is -0.460. The highest BCUT2D eigenvalue weighted by Gasteiger charge is 2.22. The highest BCUT2D eigenvalue weighted by Crippen LogP contribution is 2.28. The predicted molar refractivity (Wildman–Crippen MR) is 124 cm³/mol. The number of aromatic nitrogens is 2. The third-order valence-corrected chi connectivity index (χ3v) is 5.58. The summed E-state index contributed by atoms with van der Waals surface area (Å²) in [5.74, 6) is -0.0937. The Morgan fingerprint density at radius 1 is 1.12 bits per heavy atom. The number of carbonyl (C=O) groups is 1. The molecule has 1 aliphatic rings. The molecule has 8 nitrogen and oxygen atoms in total. The monoisotopic (exact) mass is 451 g/mol. The largest absolute Gasteiger partial charge is 0.476 e. The van der Waals surface area contributed by atoms with Gasteiger partial charge in [0, 0.05) is 19.6 Å². The van der Waals surface area contributed by atoms with Crippen molar-refractivity contribution in [2.45, 2.75) is 13.5 Å². The van der Waals surface area contributed by atoms with E-state index in [2.05, 4.69) is 10.00 Å². The first-order chi connectivity index (χ1) is 16.2. The van der Waals surface area contributed by atoms with Crippen LogP contribution < -0.4 is 4.74 Å². The van der Waals surface area contributed by atoms with Gasteiger partial charge in [0.1, 0.15) is 12.2 Å². The van der Waals surface area contributed by atoms with E-state index in [4.69, 9.17) is 14.2 Å². The van der Waals surface area contributed by atoms with Gasteiger partial charge in [-0.2, -0.15) is 5.10 Å². The second-order valence-corrected chi connectivity index (χ2v) is 7.66. The van der Waals surface area contributed by atoms with Gasteiger partial charge in [0.05, 0.1) is 38.3 Å². The van der Waals surface area contributed by atoms with Crippen LogP contribution >= 0.6 is 0 Å². The molecule has 3 aromatic rings. The number of nitrogens with zero attached hydrogens (tertiary/aromatic N) is 3. The number of aliphatic hydroxyl groups excluding tert-OH is 1. The fraction of sp³-hybridized carbons (Fsp3) is 0.360. The molecule has 0 atom stereocenters. The standard InChI is InChI=1S/C25H29N3O5/c1-2-32-25(30)23-17-26-28(24(23)33-16-13-27-11-14-31-15-12-27)21-9-7-19(8-10-21)22-6-4-3-5-20(22)18-29/h3-10,17,29H,2,11-16,18H2,1H3. The lowest BCUT2D eigenvalue weighted by atomic mass is 10.00. The van der Waals surface area contributed by atoms with Crippen molar-refractivity contribution in [2.75, 3.05) is 46.1 Å². The molecule has 4 rings (SSSR count). The molecule has 1 N–H and O–H groups in total. The Kier molecular flexibility index (Phi) is 7.72. The quantitative estimate of drug-likeness (QED) is 0.501. The smallest absolute Gasteiger partial charge is 0.345 e. The van der Waals surface area contributed by atoms with Gasteiger partial charge in [-0.05, 0) is 35.7 Å². The zero-order valence-electron chi connectivity index (χ0n) is 18.8. The number of aliphatic hydroxyl groups is 1. The van der Waals surface area contributed by atoms with Crippen LogP contribution in [0.4, 0.5) is 0 Å². The van der Waals surface area contributed by atoms with E-state index < -0.39 is 5.97 Å². The third kappa shape index (κ3) is 5.42. The molecule has 1 fully saturated rings. The fourth-order valence-electron chi connectivity index (χ4n) is 3.83. The molecule has 0 aliphatic carbocycles. The molecule has 0 bridgehead atoms. The molecular weight excluding hydrogens is 422 g/mol. The molecule has 174 valence electrons. The van der Waals surface area contributed by atoms with Crippen molar-refractivity contribution in [1.29, 1.82) is 0 Å². The van der Waals surface area contributed by atoms with Gasteiger partial charge in [-0.15, -0.1) is 0 Å². The van der Waals surface area contributed by atoms with E-state index in [-0.39, 0.29) is 13.2 Å². The number of carbonyl (C=O) groups excluding carboxylic acids is 1. The minimum Gasteiger partial charge on any atom is -0.476 e. The summed E-state index contributed by atoms with van der Waals surface area (Å²) in [6, 6.07) is 15.5. The minimum absolute atomic E-state index is 0.0267. The molecule has 0 radical (unpaired) electrons. The van der Waals surface area contributed by atoms with Crippen LogP contribution in [0.1, 0.15) is 22.8 Å².